The van der Waals surface area contributed by atoms with Gasteiger partial charge in [0, 0.05) is 16.9 Å². The van der Waals surface area contributed by atoms with Gasteiger partial charge in [0.15, 0.2) is 11.6 Å². The van der Waals surface area contributed by atoms with Gasteiger partial charge in [0.2, 0.25) is 0 Å². The fraction of sp³-hybridized carbons (Fsp3) is 0.619. The highest BCUT2D eigenvalue weighted by Crippen LogP contribution is 2.74. The molecule has 1 aliphatic heterocycles. The minimum Gasteiger partial charge on any atom is -0.364 e. The maximum absolute atomic E-state index is 12.2. The number of nitrogens with two attached hydrogens (primary N) is 1. The minimum atomic E-state index is -0.311. The SMILES string of the molecule is CC(=O)C1=CCC2C3C[C@H](N)C4=CC(=O)C=C[C@]4(C)C34OC4C[C@]12C. The lowest BCUT2D eigenvalue weighted by molar-refractivity contribution is -0.115. The van der Waals surface area contributed by atoms with E-state index in [1.54, 1.807) is 19.1 Å². The van der Waals surface area contributed by atoms with Crippen LogP contribution in [0, 0.1) is 22.7 Å². The Labute approximate surface area is 148 Å². The molecule has 5 aliphatic rings. The van der Waals surface area contributed by atoms with Crippen LogP contribution in [0.1, 0.15) is 40.0 Å². The lowest BCUT2D eigenvalue weighted by Gasteiger charge is -2.55. The summed E-state index contributed by atoms with van der Waals surface area (Å²) in [6, 6.07) is -0.122. The highest BCUT2D eigenvalue weighted by molar-refractivity contribution is 6.01. The van der Waals surface area contributed by atoms with Gasteiger partial charge in [-0.05, 0) is 68.2 Å². The van der Waals surface area contributed by atoms with Gasteiger partial charge in [-0.15, -0.1) is 0 Å². The number of rotatable bonds is 1. The first-order valence-electron chi connectivity index (χ1n) is 9.34. The van der Waals surface area contributed by atoms with Gasteiger partial charge in [-0.3, -0.25) is 9.59 Å². The first kappa shape index (κ1) is 15.7. The van der Waals surface area contributed by atoms with E-state index in [9.17, 15) is 9.59 Å². The summed E-state index contributed by atoms with van der Waals surface area (Å²) < 4.78 is 6.46. The first-order chi connectivity index (χ1) is 11.7. The molecule has 4 aliphatic carbocycles. The molecule has 3 fully saturated rings. The zero-order valence-corrected chi connectivity index (χ0v) is 15.0. The number of hydrogen-bond donors (Lipinski definition) is 1. The summed E-state index contributed by atoms with van der Waals surface area (Å²) in [6.45, 7) is 6.10. The molecule has 0 aromatic carbocycles. The molecule has 1 saturated heterocycles. The quantitative estimate of drug-likeness (QED) is 0.745. The smallest absolute Gasteiger partial charge is 0.178 e. The van der Waals surface area contributed by atoms with Crippen molar-refractivity contribution in [3.05, 3.63) is 35.5 Å². The average Bonchev–Trinajstić information content (AvgIpc) is 3.15. The zero-order valence-electron chi connectivity index (χ0n) is 15.0. The lowest BCUT2D eigenvalue weighted by Crippen LogP contribution is -2.60. The van der Waals surface area contributed by atoms with Crippen LogP contribution < -0.4 is 5.73 Å². The van der Waals surface area contributed by atoms with Gasteiger partial charge >= 0.3 is 0 Å². The Kier molecular flexibility index (Phi) is 2.77. The summed E-state index contributed by atoms with van der Waals surface area (Å²) in [6.07, 6.45) is 10.4. The Morgan fingerprint density at radius 1 is 1.32 bits per heavy atom. The summed E-state index contributed by atoms with van der Waals surface area (Å²) >= 11 is 0. The molecule has 132 valence electrons. The van der Waals surface area contributed by atoms with Gasteiger partial charge in [-0.1, -0.05) is 19.1 Å². The Morgan fingerprint density at radius 3 is 2.80 bits per heavy atom. The molecule has 0 aromatic rings. The van der Waals surface area contributed by atoms with Crippen molar-refractivity contribution >= 4 is 11.6 Å². The third kappa shape index (κ3) is 1.61. The topological polar surface area (TPSA) is 72.7 Å². The molecule has 4 unspecified atom stereocenters. The monoisotopic (exact) mass is 339 g/mol. The molecule has 4 heteroatoms. The number of carbonyl (C=O) groups is 2. The van der Waals surface area contributed by atoms with E-state index in [1.807, 2.05) is 6.08 Å². The Balaban J connectivity index is 1.62. The summed E-state index contributed by atoms with van der Waals surface area (Å²) in [5, 5.41) is 0. The van der Waals surface area contributed by atoms with Crippen molar-refractivity contribution in [1.29, 1.82) is 0 Å². The third-order valence-corrected chi connectivity index (χ3v) is 7.99. The van der Waals surface area contributed by atoms with E-state index in [4.69, 9.17) is 10.5 Å². The van der Waals surface area contributed by atoms with Crippen LogP contribution in [0.4, 0.5) is 0 Å². The van der Waals surface area contributed by atoms with E-state index in [0.717, 1.165) is 30.4 Å². The normalized spacial score (nSPS) is 52.4. The molecule has 1 spiro atoms. The molecule has 0 radical (unpaired) electrons. The lowest BCUT2D eigenvalue weighted by atomic mass is 9.46. The van der Waals surface area contributed by atoms with Crippen LogP contribution >= 0.6 is 0 Å². The number of ether oxygens (including phenoxy) is 1. The first-order valence-corrected chi connectivity index (χ1v) is 9.34. The van der Waals surface area contributed by atoms with E-state index in [-0.39, 0.29) is 40.1 Å². The van der Waals surface area contributed by atoms with Crippen molar-refractivity contribution in [3.63, 3.8) is 0 Å². The van der Waals surface area contributed by atoms with Crippen molar-refractivity contribution in [2.45, 2.75) is 57.8 Å². The summed E-state index contributed by atoms with van der Waals surface area (Å²) in [5.41, 5.74) is 7.89. The van der Waals surface area contributed by atoms with E-state index in [0.29, 0.717) is 11.8 Å². The molecular weight excluding hydrogens is 314 g/mol. The minimum absolute atomic E-state index is 0.0250. The van der Waals surface area contributed by atoms with Crippen LogP contribution in [0.25, 0.3) is 0 Å². The summed E-state index contributed by atoms with van der Waals surface area (Å²) in [7, 11) is 0. The molecule has 2 N–H and O–H groups in total. The van der Waals surface area contributed by atoms with Crippen LogP contribution in [-0.4, -0.2) is 29.3 Å². The largest absolute Gasteiger partial charge is 0.364 e. The average molecular weight is 339 g/mol. The number of carbonyl (C=O) groups excluding carboxylic acids is 2. The number of allylic oxidation sites excluding steroid dienone is 4. The second-order valence-corrected chi connectivity index (χ2v) is 9.02. The van der Waals surface area contributed by atoms with E-state index >= 15 is 0 Å². The van der Waals surface area contributed by atoms with Gasteiger partial charge in [-0.2, -0.15) is 0 Å². The molecule has 0 amide bonds. The van der Waals surface area contributed by atoms with Crippen molar-refractivity contribution < 1.29 is 14.3 Å². The molecule has 4 nitrogen and oxygen atoms in total. The van der Waals surface area contributed by atoms with Crippen LogP contribution in [0.3, 0.4) is 0 Å². The second kappa shape index (κ2) is 4.41. The van der Waals surface area contributed by atoms with Crippen molar-refractivity contribution in [1.82, 2.24) is 0 Å². The second-order valence-electron chi connectivity index (χ2n) is 9.02. The molecule has 0 aromatic heterocycles. The molecule has 7 atom stereocenters. The van der Waals surface area contributed by atoms with E-state index < -0.39 is 0 Å². The molecular formula is C21H25NO3. The van der Waals surface area contributed by atoms with Crippen LogP contribution in [-0.2, 0) is 14.3 Å². The Bertz CT molecular complexity index is 808. The standard InChI is InChI=1S/C21H25NO3/c1-11(23)13-4-5-14-15-9-17(22)16-8-12(24)6-7-20(16,3)21(15)18(25-21)10-19(13,14)2/h4,6-8,14-15,17-18H,5,9-10,22H2,1-3H3/t14?,15?,17-,18?,19+,20-,21?/m0/s1. The Hall–Kier alpha value is -1.52. The van der Waals surface area contributed by atoms with Gasteiger partial charge in [0.25, 0.3) is 0 Å². The fourth-order valence-corrected chi connectivity index (χ4v) is 6.88. The van der Waals surface area contributed by atoms with Crippen LogP contribution in [0.5, 0.6) is 0 Å². The summed E-state index contributed by atoms with van der Waals surface area (Å²) in [5.74, 6) is 0.921. The number of hydrogen-bond acceptors (Lipinski definition) is 4. The number of fused-ring (bicyclic) bond motifs is 3. The third-order valence-electron chi connectivity index (χ3n) is 7.99. The molecule has 25 heavy (non-hydrogen) atoms. The van der Waals surface area contributed by atoms with Crippen LogP contribution in [0.2, 0.25) is 0 Å². The number of ketones is 2. The van der Waals surface area contributed by atoms with E-state index in [1.165, 1.54) is 0 Å². The molecule has 0 bridgehead atoms. The maximum Gasteiger partial charge on any atom is 0.178 e. The highest BCUT2D eigenvalue weighted by atomic mass is 16.6. The maximum atomic E-state index is 12.2. The van der Waals surface area contributed by atoms with Crippen molar-refractivity contribution in [2.75, 3.05) is 0 Å². The predicted molar refractivity (Wildman–Crippen MR) is 93.6 cm³/mol. The predicted octanol–water partition coefficient (Wildman–Crippen LogP) is 2.49. The molecule has 1 heterocycles. The van der Waals surface area contributed by atoms with Crippen molar-refractivity contribution in [2.24, 2.45) is 28.4 Å². The molecule has 5 rings (SSSR count). The summed E-state index contributed by atoms with van der Waals surface area (Å²) in [4.78, 5) is 24.1. The van der Waals surface area contributed by atoms with Gasteiger partial charge in [0.05, 0.1) is 6.10 Å². The molecule has 2 saturated carbocycles. The van der Waals surface area contributed by atoms with Crippen LogP contribution in [0.15, 0.2) is 35.5 Å². The highest BCUT2D eigenvalue weighted by Gasteiger charge is 2.79. The number of epoxide rings is 1. The zero-order chi connectivity index (χ0) is 17.8. The Morgan fingerprint density at radius 2 is 2.08 bits per heavy atom. The number of Topliss-reactive ketones (excluding diaryl/α,β-unsaturated/α-hetero) is 1. The van der Waals surface area contributed by atoms with Gasteiger partial charge in [-0.25, -0.2) is 0 Å². The van der Waals surface area contributed by atoms with Crippen molar-refractivity contribution in [3.8, 4) is 0 Å². The van der Waals surface area contributed by atoms with Gasteiger partial charge < -0.3 is 10.5 Å². The van der Waals surface area contributed by atoms with Gasteiger partial charge in [0.1, 0.15) is 5.60 Å². The van der Waals surface area contributed by atoms with E-state index in [2.05, 4.69) is 19.9 Å². The fourth-order valence-electron chi connectivity index (χ4n) is 6.88.